The maximum Gasteiger partial charge on any atom is 0.237 e. The number of benzene rings is 2. The first-order valence-corrected chi connectivity index (χ1v) is 11.4. The van der Waals surface area contributed by atoms with E-state index in [1.54, 1.807) is 12.4 Å². The summed E-state index contributed by atoms with van der Waals surface area (Å²) in [5, 5.41) is 12.7. The summed E-state index contributed by atoms with van der Waals surface area (Å²) in [7, 11) is 0. The predicted molar refractivity (Wildman–Crippen MR) is 129 cm³/mol. The average Bonchev–Trinajstić information content (AvgIpc) is 3.19. The smallest absolute Gasteiger partial charge is 0.237 e. The van der Waals surface area contributed by atoms with Crippen LogP contribution >= 0.6 is 23.4 Å². The number of thioether (sulfide) groups is 1. The maximum atomic E-state index is 12.9. The van der Waals surface area contributed by atoms with Gasteiger partial charge in [-0.05, 0) is 68.3 Å². The summed E-state index contributed by atoms with van der Waals surface area (Å²) in [4.78, 5) is 16.9. The van der Waals surface area contributed by atoms with E-state index >= 15 is 0 Å². The Balaban J connectivity index is 1.69. The van der Waals surface area contributed by atoms with Gasteiger partial charge in [-0.25, -0.2) is 0 Å². The number of hydrogen-bond acceptors (Lipinski definition) is 5. The van der Waals surface area contributed by atoms with E-state index in [1.807, 2.05) is 79.9 Å². The number of hydrogen-bond donors (Lipinski definition) is 1. The van der Waals surface area contributed by atoms with Gasteiger partial charge in [0, 0.05) is 28.7 Å². The minimum atomic E-state index is -0.400. The van der Waals surface area contributed by atoms with Crippen molar-refractivity contribution in [3.05, 3.63) is 83.1 Å². The van der Waals surface area contributed by atoms with Crippen molar-refractivity contribution < 1.29 is 4.79 Å². The molecule has 0 radical (unpaired) electrons. The molecule has 2 aromatic carbocycles. The van der Waals surface area contributed by atoms with E-state index in [4.69, 9.17) is 11.6 Å². The summed E-state index contributed by atoms with van der Waals surface area (Å²) < 4.78 is 1.94. The number of nitrogens with zero attached hydrogens (tertiary/aromatic N) is 4. The highest BCUT2D eigenvalue weighted by molar-refractivity contribution is 8.00. The topological polar surface area (TPSA) is 72.7 Å². The van der Waals surface area contributed by atoms with Crippen molar-refractivity contribution in [2.45, 2.75) is 31.2 Å². The number of aryl methyl sites for hydroxylation is 1. The summed E-state index contributed by atoms with van der Waals surface area (Å²) in [5.74, 6) is 0.551. The predicted octanol–water partition coefficient (Wildman–Crippen LogP) is 5.72. The number of aromatic nitrogens is 4. The van der Waals surface area contributed by atoms with Crippen LogP contribution < -0.4 is 5.32 Å². The molecule has 0 saturated carbocycles. The molecule has 4 rings (SSSR count). The highest BCUT2D eigenvalue weighted by Gasteiger charge is 2.23. The molecule has 1 N–H and O–H groups in total. The van der Waals surface area contributed by atoms with Crippen molar-refractivity contribution >= 4 is 35.0 Å². The van der Waals surface area contributed by atoms with Gasteiger partial charge in [-0.15, -0.1) is 10.2 Å². The average molecular weight is 464 g/mol. The molecule has 162 valence electrons. The molecule has 4 aromatic rings. The Bertz CT molecular complexity index is 1260. The Morgan fingerprint density at radius 3 is 2.56 bits per heavy atom. The molecule has 0 fully saturated rings. The molecule has 1 unspecified atom stereocenters. The fourth-order valence-corrected chi connectivity index (χ4v) is 4.30. The number of nitrogens with one attached hydrogen (secondary N) is 1. The first kappa shape index (κ1) is 22.0. The summed E-state index contributed by atoms with van der Waals surface area (Å²) in [5.41, 5.74) is 4.50. The Labute approximate surface area is 196 Å². The third kappa shape index (κ3) is 4.69. The third-order valence-corrected chi connectivity index (χ3v) is 6.44. The highest BCUT2D eigenvalue weighted by Crippen LogP contribution is 2.33. The molecular weight excluding hydrogens is 442 g/mol. The van der Waals surface area contributed by atoms with Crippen LogP contribution in [0, 0.1) is 13.8 Å². The standard InChI is InChI=1S/C24H22ClN5OS/c1-15-6-4-7-19(14-15)27-23(31)17(3)32-24-29-28-22(18-10-12-26-13-11-18)30(24)21-9-5-8-20(25)16(21)2/h4-14,17H,1-3H3,(H,27,31). The Morgan fingerprint density at radius 2 is 1.81 bits per heavy atom. The highest BCUT2D eigenvalue weighted by atomic mass is 35.5. The van der Waals surface area contributed by atoms with Crippen LogP contribution in [0.4, 0.5) is 5.69 Å². The lowest BCUT2D eigenvalue weighted by Crippen LogP contribution is -2.23. The van der Waals surface area contributed by atoms with Gasteiger partial charge in [0.15, 0.2) is 11.0 Å². The van der Waals surface area contributed by atoms with Crippen LogP contribution in [-0.4, -0.2) is 30.9 Å². The molecule has 6 nitrogen and oxygen atoms in total. The Kier molecular flexibility index (Phi) is 6.58. The van der Waals surface area contributed by atoms with E-state index in [-0.39, 0.29) is 5.91 Å². The van der Waals surface area contributed by atoms with Crippen molar-refractivity contribution in [2.75, 3.05) is 5.32 Å². The molecule has 2 aromatic heterocycles. The molecule has 0 spiro atoms. The van der Waals surface area contributed by atoms with Crippen LogP contribution in [0.5, 0.6) is 0 Å². The molecule has 1 amide bonds. The van der Waals surface area contributed by atoms with Crippen LogP contribution in [-0.2, 0) is 4.79 Å². The molecule has 0 aliphatic rings. The lowest BCUT2D eigenvalue weighted by molar-refractivity contribution is -0.115. The van der Waals surface area contributed by atoms with E-state index in [2.05, 4.69) is 20.5 Å². The van der Waals surface area contributed by atoms with Gasteiger partial charge in [0.1, 0.15) is 0 Å². The molecular formula is C24H22ClN5OS. The number of pyridine rings is 1. The molecule has 8 heteroatoms. The zero-order valence-electron chi connectivity index (χ0n) is 17.9. The minimum absolute atomic E-state index is 0.108. The fourth-order valence-electron chi connectivity index (χ4n) is 3.27. The third-order valence-electron chi connectivity index (χ3n) is 4.99. The van der Waals surface area contributed by atoms with Crippen molar-refractivity contribution in [1.82, 2.24) is 19.7 Å². The van der Waals surface area contributed by atoms with Crippen LogP contribution in [0.3, 0.4) is 0 Å². The summed E-state index contributed by atoms with van der Waals surface area (Å²) in [6.45, 7) is 5.80. The molecule has 2 heterocycles. The van der Waals surface area contributed by atoms with Gasteiger partial charge in [-0.1, -0.05) is 41.6 Å². The van der Waals surface area contributed by atoms with Gasteiger partial charge in [0.2, 0.25) is 5.91 Å². The number of amides is 1. The van der Waals surface area contributed by atoms with Gasteiger partial charge in [-0.3, -0.25) is 14.3 Å². The summed E-state index contributed by atoms with van der Waals surface area (Å²) in [6, 6.07) is 17.2. The van der Waals surface area contributed by atoms with Crippen molar-refractivity contribution in [3.8, 4) is 17.1 Å². The Hall–Kier alpha value is -3.16. The van der Waals surface area contributed by atoms with Gasteiger partial charge >= 0.3 is 0 Å². The SMILES string of the molecule is Cc1cccc(NC(=O)C(C)Sc2nnc(-c3ccncc3)n2-c2cccc(Cl)c2C)c1. The molecule has 0 bridgehead atoms. The van der Waals surface area contributed by atoms with Gasteiger partial charge < -0.3 is 5.32 Å². The van der Waals surface area contributed by atoms with Gasteiger partial charge in [0.05, 0.1) is 10.9 Å². The van der Waals surface area contributed by atoms with Crippen molar-refractivity contribution in [2.24, 2.45) is 0 Å². The summed E-state index contributed by atoms with van der Waals surface area (Å²) >= 11 is 7.75. The first-order valence-electron chi connectivity index (χ1n) is 10.1. The van der Waals surface area contributed by atoms with Crippen molar-refractivity contribution in [3.63, 3.8) is 0 Å². The second-order valence-corrected chi connectivity index (χ2v) is 9.10. The number of carbonyl (C=O) groups is 1. The number of anilines is 1. The number of rotatable bonds is 6. The molecule has 1 atom stereocenters. The second-order valence-electron chi connectivity index (χ2n) is 7.38. The zero-order valence-corrected chi connectivity index (χ0v) is 19.5. The van der Waals surface area contributed by atoms with Crippen LogP contribution in [0.15, 0.2) is 72.1 Å². The van der Waals surface area contributed by atoms with E-state index in [0.29, 0.717) is 16.0 Å². The van der Waals surface area contributed by atoms with Crippen LogP contribution in [0.2, 0.25) is 5.02 Å². The lowest BCUT2D eigenvalue weighted by Gasteiger charge is -2.16. The van der Waals surface area contributed by atoms with E-state index in [1.165, 1.54) is 11.8 Å². The largest absolute Gasteiger partial charge is 0.325 e. The van der Waals surface area contributed by atoms with Crippen LogP contribution in [0.1, 0.15) is 18.1 Å². The number of carbonyl (C=O) groups excluding carboxylic acids is 1. The van der Waals surface area contributed by atoms with Gasteiger partial charge in [0.25, 0.3) is 0 Å². The Morgan fingerprint density at radius 1 is 1.06 bits per heavy atom. The van der Waals surface area contributed by atoms with E-state index in [9.17, 15) is 4.79 Å². The van der Waals surface area contributed by atoms with Gasteiger partial charge in [-0.2, -0.15) is 0 Å². The lowest BCUT2D eigenvalue weighted by atomic mass is 10.2. The molecule has 32 heavy (non-hydrogen) atoms. The fraction of sp³-hybridized carbons (Fsp3) is 0.167. The maximum absolute atomic E-state index is 12.9. The minimum Gasteiger partial charge on any atom is -0.325 e. The first-order chi connectivity index (χ1) is 15.4. The zero-order chi connectivity index (χ0) is 22.7. The van der Waals surface area contributed by atoms with E-state index in [0.717, 1.165) is 28.1 Å². The molecule has 0 saturated heterocycles. The number of halogens is 1. The second kappa shape index (κ2) is 9.54. The van der Waals surface area contributed by atoms with Crippen molar-refractivity contribution in [1.29, 1.82) is 0 Å². The quantitative estimate of drug-likeness (QED) is 0.370. The monoisotopic (exact) mass is 463 g/mol. The summed E-state index contributed by atoms with van der Waals surface area (Å²) in [6.07, 6.45) is 3.42. The molecule has 0 aliphatic carbocycles. The van der Waals surface area contributed by atoms with E-state index < -0.39 is 5.25 Å². The van der Waals surface area contributed by atoms with Crippen LogP contribution in [0.25, 0.3) is 17.1 Å². The molecule has 0 aliphatic heterocycles. The normalized spacial score (nSPS) is 11.9.